The Bertz CT molecular complexity index is 390. The first-order chi connectivity index (χ1) is 13.7. The van der Waals surface area contributed by atoms with Gasteiger partial charge in [-0.15, -0.1) is 0 Å². The van der Waals surface area contributed by atoms with E-state index >= 15 is 0 Å². The molecule has 0 amide bonds. The largest absolute Gasteiger partial charge is 0.481 e. The molecule has 4 heteroatoms. The Balaban J connectivity index is 3.07. The van der Waals surface area contributed by atoms with E-state index in [1.807, 2.05) is 6.08 Å². The Hall–Kier alpha value is -1.32. The molecule has 0 fully saturated rings. The Morgan fingerprint density at radius 2 is 1.00 bits per heavy atom. The highest BCUT2D eigenvalue weighted by Crippen LogP contribution is 2.14. The van der Waals surface area contributed by atoms with Crippen LogP contribution in [0.5, 0.6) is 0 Å². The van der Waals surface area contributed by atoms with Crippen LogP contribution in [0, 0.1) is 0 Å². The second-order valence-corrected chi connectivity index (χ2v) is 7.87. The third-order valence-corrected chi connectivity index (χ3v) is 5.22. The van der Waals surface area contributed by atoms with Crippen LogP contribution in [0.25, 0.3) is 0 Å². The minimum absolute atomic E-state index is 0.259. The number of hydrogen-bond acceptors (Lipinski definition) is 3. The van der Waals surface area contributed by atoms with Crippen LogP contribution in [0.2, 0.25) is 0 Å². The lowest BCUT2D eigenvalue weighted by atomic mass is 10.0. The number of carboxylic acid groups (broad SMARTS) is 1. The summed E-state index contributed by atoms with van der Waals surface area (Å²) < 4.78 is 4.56. The molecular weight excluding hydrogens is 352 g/mol. The molecule has 4 nitrogen and oxygen atoms in total. The highest BCUT2D eigenvalue weighted by atomic mass is 16.5. The molecular formula is C24H44O4. The van der Waals surface area contributed by atoms with E-state index in [2.05, 4.69) is 4.74 Å². The summed E-state index contributed by atoms with van der Waals surface area (Å²) in [5, 5.41) is 8.57. The van der Waals surface area contributed by atoms with Crippen LogP contribution in [-0.2, 0) is 14.3 Å². The smallest absolute Gasteiger partial charge is 0.330 e. The van der Waals surface area contributed by atoms with Gasteiger partial charge in [0.25, 0.3) is 0 Å². The highest BCUT2D eigenvalue weighted by Gasteiger charge is 1.97. The van der Waals surface area contributed by atoms with Crippen LogP contribution in [-0.4, -0.2) is 24.2 Å². The molecule has 0 unspecified atom stereocenters. The van der Waals surface area contributed by atoms with Crippen molar-refractivity contribution in [2.24, 2.45) is 0 Å². The Morgan fingerprint density at radius 3 is 1.36 bits per heavy atom. The molecule has 0 aliphatic heterocycles. The van der Waals surface area contributed by atoms with Gasteiger partial charge in [0.15, 0.2) is 0 Å². The van der Waals surface area contributed by atoms with Crippen LogP contribution >= 0.6 is 0 Å². The third kappa shape index (κ3) is 22.7. The van der Waals surface area contributed by atoms with Crippen molar-refractivity contribution >= 4 is 11.9 Å². The molecule has 0 aromatic rings. The minimum Gasteiger partial charge on any atom is -0.481 e. The summed E-state index contributed by atoms with van der Waals surface area (Å²) in [5.41, 5.74) is 0. The summed E-state index contributed by atoms with van der Waals surface area (Å²) >= 11 is 0. The summed E-state index contributed by atoms with van der Waals surface area (Å²) in [7, 11) is 1.41. The molecule has 0 aliphatic rings. The molecule has 0 atom stereocenters. The number of carboxylic acids is 1. The molecule has 0 saturated heterocycles. The second kappa shape index (κ2) is 22.0. The molecule has 0 aliphatic carbocycles. The fraction of sp³-hybridized carbons (Fsp3) is 0.833. The average Bonchev–Trinajstić information content (AvgIpc) is 2.68. The number of carbonyl (C=O) groups excluding carboxylic acids is 1. The summed E-state index contributed by atoms with van der Waals surface area (Å²) in [6.07, 6.45) is 26.4. The van der Waals surface area contributed by atoms with Gasteiger partial charge in [-0.1, -0.05) is 102 Å². The zero-order valence-electron chi connectivity index (χ0n) is 18.3. The van der Waals surface area contributed by atoms with E-state index in [1.165, 1.54) is 103 Å². The van der Waals surface area contributed by atoms with Crippen molar-refractivity contribution in [3.05, 3.63) is 12.2 Å². The van der Waals surface area contributed by atoms with E-state index in [9.17, 15) is 9.59 Å². The Labute approximate surface area is 173 Å². The zero-order valence-corrected chi connectivity index (χ0v) is 18.3. The van der Waals surface area contributed by atoms with Crippen LogP contribution < -0.4 is 0 Å². The van der Waals surface area contributed by atoms with Gasteiger partial charge in [-0.2, -0.15) is 0 Å². The summed E-state index contributed by atoms with van der Waals surface area (Å²) in [5.74, 6) is -0.924. The summed E-state index contributed by atoms with van der Waals surface area (Å²) in [6.45, 7) is 0. The topological polar surface area (TPSA) is 63.6 Å². The first-order valence-electron chi connectivity index (χ1n) is 11.6. The number of rotatable bonds is 21. The van der Waals surface area contributed by atoms with Crippen molar-refractivity contribution < 1.29 is 19.4 Å². The van der Waals surface area contributed by atoms with Crippen molar-refractivity contribution in [1.82, 2.24) is 0 Å². The molecule has 0 rings (SSSR count). The molecule has 28 heavy (non-hydrogen) atoms. The third-order valence-electron chi connectivity index (χ3n) is 5.22. The number of esters is 1. The van der Waals surface area contributed by atoms with Gasteiger partial charge in [0, 0.05) is 12.5 Å². The second-order valence-electron chi connectivity index (χ2n) is 7.87. The van der Waals surface area contributed by atoms with Gasteiger partial charge in [0.2, 0.25) is 0 Å². The van der Waals surface area contributed by atoms with Crippen molar-refractivity contribution in [3.63, 3.8) is 0 Å². The van der Waals surface area contributed by atoms with Crippen LogP contribution in [0.3, 0.4) is 0 Å². The number of aliphatic carboxylic acids is 1. The Morgan fingerprint density at radius 1 is 0.643 bits per heavy atom. The van der Waals surface area contributed by atoms with Gasteiger partial charge in [-0.25, -0.2) is 4.79 Å². The van der Waals surface area contributed by atoms with E-state index in [1.54, 1.807) is 0 Å². The predicted molar refractivity (Wildman–Crippen MR) is 117 cm³/mol. The normalized spacial score (nSPS) is 11.2. The molecule has 0 aromatic carbocycles. The van der Waals surface area contributed by atoms with Crippen molar-refractivity contribution in [1.29, 1.82) is 0 Å². The number of unbranched alkanes of at least 4 members (excludes halogenated alkanes) is 17. The first-order valence-corrected chi connectivity index (χ1v) is 11.6. The fourth-order valence-electron chi connectivity index (χ4n) is 3.44. The maximum Gasteiger partial charge on any atom is 0.330 e. The lowest BCUT2D eigenvalue weighted by molar-refractivity contribution is -0.137. The molecule has 0 saturated carbocycles. The van der Waals surface area contributed by atoms with Gasteiger partial charge < -0.3 is 9.84 Å². The summed E-state index contributed by atoms with van der Waals surface area (Å²) in [6, 6.07) is 0. The van der Waals surface area contributed by atoms with Gasteiger partial charge >= 0.3 is 11.9 Å². The van der Waals surface area contributed by atoms with E-state index in [4.69, 9.17) is 5.11 Å². The van der Waals surface area contributed by atoms with Gasteiger partial charge in [-0.05, 0) is 19.3 Å². The molecule has 0 bridgehead atoms. The van der Waals surface area contributed by atoms with Crippen LogP contribution in [0.15, 0.2) is 12.2 Å². The fourth-order valence-corrected chi connectivity index (χ4v) is 3.44. The SMILES string of the molecule is COC(=O)C=CCCCCCCCCCCCCCCCCCCCC(=O)O. The average molecular weight is 397 g/mol. The van der Waals surface area contributed by atoms with E-state index < -0.39 is 5.97 Å². The maximum absolute atomic E-state index is 10.9. The quantitative estimate of drug-likeness (QED) is 0.126. The van der Waals surface area contributed by atoms with Crippen molar-refractivity contribution in [3.8, 4) is 0 Å². The summed E-state index contributed by atoms with van der Waals surface area (Å²) in [4.78, 5) is 21.3. The van der Waals surface area contributed by atoms with E-state index in [0.29, 0.717) is 6.42 Å². The van der Waals surface area contributed by atoms with Crippen molar-refractivity contribution in [2.75, 3.05) is 7.11 Å². The van der Waals surface area contributed by atoms with Crippen LogP contribution in [0.4, 0.5) is 0 Å². The minimum atomic E-state index is -0.665. The van der Waals surface area contributed by atoms with Crippen molar-refractivity contribution in [2.45, 2.75) is 122 Å². The highest BCUT2D eigenvalue weighted by molar-refractivity contribution is 5.81. The molecule has 164 valence electrons. The van der Waals surface area contributed by atoms with E-state index in [0.717, 1.165) is 25.7 Å². The Kier molecular flexibility index (Phi) is 20.9. The van der Waals surface area contributed by atoms with Gasteiger partial charge in [0.05, 0.1) is 7.11 Å². The number of ether oxygens (including phenoxy) is 1. The lowest BCUT2D eigenvalue weighted by Gasteiger charge is -2.03. The number of hydrogen-bond donors (Lipinski definition) is 1. The standard InChI is InChI=1S/C24H44O4/c1-28-24(27)22-20-18-16-14-12-10-8-6-4-2-3-5-7-9-11-13-15-17-19-21-23(25)26/h20,22H,2-19,21H2,1H3,(H,25,26). The predicted octanol–water partition coefficient (Wildman–Crippen LogP) is 7.21. The maximum atomic E-state index is 10.9. The lowest BCUT2D eigenvalue weighted by Crippen LogP contribution is -1.93. The number of allylic oxidation sites excluding steroid dienone is 1. The van der Waals surface area contributed by atoms with Crippen LogP contribution in [0.1, 0.15) is 122 Å². The zero-order chi connectivity index (χ0) is 20.7. The number of methoxy groups -OCH3 is 1. The molecule has 0 spiro atoms. The molecule has 0 aromatic heterocycles. The molecule has 0 heterocycles. The first kappa shape index (κ1) is 26.7. The number of carbonyl (C=O) groups is 2. The molecule has 1 N–H and O–H groups in total. The monoisotopic (exact) mass is 396 g/mol. The van der Waals surface area contributed by atoms with Gasteiger partial charge in [0.1, 0.15) is 0 Å². The van der Waals surface area contributed by atoms with Gasteiger partial charge in [-0.3, -0.25) is 4.79 Å². The van der Waals surface area contributed by atoms with E-state index in [-0.39, 0.29) is 5.97 Å². The molecule has 0 radical (unpaired) electrons.